The molecule has 2 aromatic heterocycles. The van der Waals surface area contributed by atoms with Crippen LogP contribution in [0.15, 0.2) is 60.9 Å². The molecule has 6 nitrogen and oxygen atoms in total. The third-order valence-electron chi connectivity index (χ3n) is 5.17. The molecule has 2 aromatic carbocycles. The number of nitrogens with zero attached hydrogens (tertiary/aromatic N) is 3. The van der Waals surface area contributed by atoms with E-state index in [1.165, 1.54) is 0 Å². The van der Waals surface area contributed by atoms with E-state index in [0.29, 0.717) is 5.69 Å². The molecule has 0 atom stereocenters. The summed E-state index contributed by atoms with van der Waals surface area (Å²) < 4.78 is 5.47. The summed E-state index contributed by atoms with van der Waals surface area (Å²) in [6.45, 7) is 3.25. The van der Waals surface area contributed by atoms with Gasteiger partial charge in [-0.25, -0.2) is 9.97 Å². The number of nitrogens with one attached hydrogen (secondary N) is 1. The van der Waals surface area contributed by atoms with E-state index in [2.05, 4.69) is 33.1 Å². The van der Waals surface area contributed by atoms with Crippen LogP contribution in [-0.2, 0) is 4.74 Å². The van der Waals surface area contributed by atoms with Crippen molar-refractivity contribution < 1.29 is 4.74 Å². The molecule has 0 spiro atoms. The molecule has 3 heterocycles. The smallest absolute Gasteiger partial charge is 0.141 e. The number of fused-ring (bicyclic) bond motifs is 1. The predicted molar refractivity (Wildman–Crippen MR) is 112 cm³/mol. The molecule has 1 aliphatic heterocycles. The lowest BCUT2D eigenvalue weighted by Gasteiger charge is -2.29. The molecule has 0 amide bonds. The number of pyridine rings is 1. The van der Waals surface area contributed by atoms with Gasteiger partial charge in [0.15, 0.2) is 0 Å². The maximum Gasteiger partial charge on any atom is 0.141 e. The van der Waals surface area contributed by atoms with Crippen LogP contribution in [0.3, 0.4) is 0 Å². The van der Waals surface area contributed by atoms with Crippen LogP contribution < -0.4 is 10.6 Å². The highest BCUT2D eigenvalue weighted by atomic mass is 16.5. The normalized spacial score (nSPS) is 14.5. The van der Waals surface area contributed by atoms with Crippen LogP contribution in [0.1, 0.15) is 0 Å². The number of hydrogen-bond acceptors (Lipinski definition) is 5. The second-order valence-corrected chi connectivity index (χ2v) is 6.85. The van der Waals surface area contributed by atoms with Crippen molar-refractivity contribution >= 4 is 22.3 Å². The maximum absolute atomic E-state index is 6.70. The Morgan fingerprint density at radius 3 is 2.61 bits per heavy atom. The molecule has 1 fully saturated rings. The average Bonchev–Trinajstić information content (AvgIpc) is 3.29. The van der Waals surface area contributed by atoms with Crippen LogP contribution >= 0.6 is 0 Å². The Morgan fingerprint density at radius 2 is 1.86 bits per heavy atom. The van der Waals surface area contributed by atoms with Gasteiger partial charge in [0.05, 0.1) is 35.7 Å². The van der Waals surface area contributed by atoms with E-state index in [1.54, 1.807) is 12.4 Å². The van der Waals surface area contributed by atoms with Gasteiger partial charge < -0.3 is 20.4 Å². The van der Waals surface area contributed by atoms with Gasteiger partial charge in [0.1, 0.15) is 5.82 Å². The fourth-order valence-electron chi connectivity index (χ4n) is 3.74. The molecule has 28 heavy (non-hydrogen) atoms. The number of nitrogens with two attached hydrogens (primary N) is 1. The van der Waals surface area contributed by atoms with Gasteiger partial charge in [-0.1, -0.05) is 30.3 Å². The summed E-state index contributed by atoms with van der Waals surface area (Å²) in [7, 11) is 0. The molecule has 5 rings (SSSR count). The van der Waals surface area contributed by atoms with Crippen molar-refractivity contribution in [2.75, 3.05) is 36.9 Å². The fourth-order valence-corrected chi connectivity index (χ4v) is 3.74. The first-order valence-corrected chi connectivity index (χ1v) is 9.42. The number of benzene rings is 2. The second-order valence-electron chi connectivity index (χ2n) is 6.85. The number of ether oxygens (including phenoxy) is 1. The van der Waals surface area contributed by atoms with Crippen molar-refractivity contribution in [2.45, 2.75) is 0 Å². The Bertz CT molecular complexity index is 1100. The lowest BCUT2D eigenvalue weighted by molar-refractivity contribution is 0.122. The summed E-state index contributed by atoms with van der Waals surface area (Å²) in [5, 5.41) is 0.940. The highest BCUT2D eigenvalue weighted by molar-refractivity contribution is 6.03. The monoisotopic (exact) mass is 371 g/mol. The second kappa shape index (κ2) is 6.98. The summed E-state index contributed by atoms with van der Waals surface area (Å²) in [4.78, 5) is 14.9. The minimum Gasteiger partial charge on any atom is -0.398 e. The molecule has 0 radical (unpaired) electrons. The van der Waals surface area contributed by atoms with Crippen LogP contribution in [0.25, 0.3) is 33.5 Å². The average molecular weight is 371 g/mol. The number of anilines is 2. The lowest BCUT2D eigenvalue weighted by atomic mass is 10.00. The molecule has 0 unspecified atom stereocenters. The van der Waals surface area contributed by atoms with E-state index in [1.807, 2.05) is 30.3 Å². The lowest BCUT2D eigenvalue weighted by Crippen LogP contribution is -2.36. The Balaban J connectivity index is 1.73. The zero-order chi connectivity index (χ0) is 18.9. The molecule has 0 aliphatic carbocycles. The third kappa shape index (κ3) is 2.88. The maximum atomic E-state index is 6.70. The van der Waals surface area contributed by atoms with E-state index in [-0.39, 0.29) is 0 Å². The predicted octanol–water partition coefficient (Wildman–Crippen LogP) is 3.71. The first-order valence-electron chi connectivity index (χ1n) is 9.42. The van der Waals surface area contributed by atoms with Crippen molar-refractivity contribution in [1.82, 2.24) is 15.0 Å². The number of imidazole rings is 1. The summed E-state index contributed by atoms with van der Waals surface area (Å²) in [6, 6.07) is 16.4. The van der Waals surface area contributed by atoms with Gasteiger partial charge in [-0.3, -0.25) is 0 Å². The first-order chi connectivity index (χ1) is 13.8. The van der Waals surface area contributed by atoms with E-state index in [4.69, 9.17) is 15.5 Å². The molecule has 0 saturated carbocycles. The van der Waals surface area contributed by atoms with Gasteiger partial charge in [-0.2, -0.15) is 0 Å². The largest absolute Gasteiger partial charge is 0.398 e. The van der Waals surface area contributed by atoms with E-state index >= 15 is 0 Å². The number of nitrogen functional groups attached to an aromatic ring is 1. The topological polar surface area (TPSA) is 80.1 Å². The van der Waals surface area contributed by atoms with Gasteiger partial charge in [-0.15, -0.1) is 0 Å². The Labute approximate surface area is 163 Å². The van der Waals surface area contributed by atoms with Crippen LogP contribution in [0.5, 0.6) is 0 Å². The molecule has 1 saturated heterocycles. The van der Waals surface area contributed by atoms with Gasteiger partial charge in [0.2, 0.25) is 0 Å². The number of hydrogen-bond donors (Lipinski definition) is 2. The molecule has 0 bridgehead atoms. The number of aromatic nitrogens is 3. The number of H-pyrrole nitrogens is 1. The quantitative estimate of drug-likeness (QED) is 0.574. The fraction of sp³-hybridized carbons (Fsp3) is 0.182. The molecule has 3 N–H and O–H groups in total. The summed E-state index contributed by atoms with van der Waals surface area (Å²) in [6.07, 6.45) is 3.54. The number of rotatable bonds is 3. The van der Waals surface area contributed by atoms with Crippen molar-refractivity contribution in [2.24, 2.45) is 0 Å². The summed E-state index contributed by atoms with van der Waals surface area (Å²) in [5.41, 5.74) is 12.1. The van der Waals surface area contributed by atoms with Crippen LogP contribution in [-0.4, -0.2) is 41.3 Å². The molecule has 6 heteroatoms. The third-order valence-corrected chi connectivity index (χ3v) is 5.17. The van der Waals surface area contributed by atoms with Gasteiger partial charge in [-0.05, 0) is 18.2 Å². The number of aromatic amines is 1. The molecular formula is C22H21N5O. The van der Waals surface area contributed by atoms with Crippen LogP contribution in [0.4, 0.5) is 11.4 Å². The van der Waals surface area contributed by atoms with Gasteiger partial charge >= 0.3 is 0 Å². The van der Waals surface area contributed by atoms with Crippen molar-refractivity contribution in [3.8, 4) is 22.6 Å². The minimum atomic E-state index is 0.689. The highest BCUT2D eigenvalue weighted by Gasteiger charge is 2.19. The van der Waals surface area contributed by atoms with Gasteiger partial charge in [0.25, 0.3) is 0 Å². The molecule has 140 valence electrons. The SMILES string of the molecule is Nc1c(-c2ncc[nH]2)c(-c2ccccc2)nc2ccc(N3CCOCC3)cc12. The Hall–Kier alpha value is -3.38. The van der Waals surface area contributed by atoms with Crippen LogP contribution in [0.2, 0.25) is 0 Å². The van der Waals surface area contributed by atoms with Crippen LogP contribution in [0, 0.1) is 0 Å². The van der Waals surface area contributed by atoms with Crippen molar-refractivity contribution in [3.05, 3.63) is 60.9 Å². The minimum absolute atomic E-state index is 0.689. The zero-order valence-corrected chi connectivity index (χ0v) is 15.4. The van der Waals surface area contributed by atoms with Crippen molar-refractivity contribution in [1.29, 1.82) is 0 Å². The Kier molecular flexibility index (Phi) is 4.18. The van der Waals surface area contributed by atoms with E-state index in [0.717, 1.165) is 65.5 Å². The van der Waals surface area contributed by atoms with E-state index in [9.17, 15) is 0 Å². The van der Waals surface area contributed by atoms with Gasteiger partial charge in [0, 0.05) is 42.1 Å². The Morgan fingerprint density at radius 1 is 1.04 bits per heavy atom. The summed E-state index contributed by atoms with van der Waals surface area (Å²) in [5.74, 6) is 0.725. The molecule has 1 aliphatic rings. The number of morpholine rings is 1. The molecular weight excluding hydrogens is 350 g/mol. The summed E-state index contributed by atoms with van der Waals surface area (Å²) >= 11 is 0. The molecule has 4 aromatic rings. The zero-order valence-electron chi connectivity index (χ0n) is 15.4. The highest BCUT2D eigenvalue weighted by Crippen LogP contribution is 2.39. The van der Waals surface area contributed by atoms with E-state index < -0.39 is 0 Å². The van der Waals surface area contributed by atoms with Crippen molar-refractivity contribution in [3.63, 3.8) is 0 Å². The first kappa shape index (κ1) is 16.8. The standard InChI is InChI=1S/C22H21N5O/c23-20-17-14-16(27-10-12-28-13-11-27)6-7-18(17)26-21(15-4-2-1-3-5-15)19(20)22-24-8-9-25-22/h1-9,14H,10-13H2,(H2,23,26)(H,24,25).